The summed E-state index contributed by atoms with van der Waals surface area (Å²) in [6.45, 7) is 5.41. The van der Waals surface area contributed by atoms with Crippen LogP contribution in [0.25, 0.3) is 0 Å². The number of rotatable bonds is 8. The van der Waals surface area contributed by atoms with E-state index in [1.165, 1.54) is 45.0 Å². The molecule has 0 N–H and O–H groups in total. The minimum Gasteiger partial charge on any atom is -0.493 e. The Kier molecular flexibility index (Phi) is 7.57. The molecule has 2 saturated heterocycles. The van der Waals surface area contributed by atoms with Crippen molar-refractivity contribution in [3.05, 3.63) is 23.8 Å². The molecule has 1 aromatic carbocycles. The molecule has 2 atom stereocenters. The number of benzene rings is 1. The Hall–Kier alpha value is -1.79. The first kappa shape index (κ1) is 20.9. The van der Waals surface area contributed by atoms with Gasteiger partial charge in [0.15, 0.2) is 11.5 Å². The van der Waals surface area contributed by atoms with Crippen LogP contribution in [0.1, 0.15) is 37.7 Å². The summed E-state index contributed by atoms with van der Waals surface area (Å²) in [4.78, 5) is 16.9. The summed E-state index contributed by atoms with van der Waals surface area (Å²) >= 11 is 0. The molecule has 156 valence electrons. The number of piperidine rings is 1. The van der Waals surface area contributed by atoms with Gasteiger partial charge >= 0.3 is 5.97 Å². The monoisotopic (exact) mass is 390 g/mol. The van der Waals surface area contributed by atoms with Crippen molar-refractivity contribution in [1.29, 1.82) is 0 Å². The average Bonchev–Trinajstić information content (AvgIpc) is 3.26. The highest BCUT2D eigenvalue weighted by Crippen LogP contribution is 2.31. The molecular weight excluding hydrogens is 356 g/mol. The van der Waals surface area contributed by atoms with E-state index >= 15 is 0 Å². The third-order valence-electron chi connectivity index (χ3n) is 6.19. The summed E-state index contributed by atoms with van der Waals surface area (Å²) in [7, 11) is 4.81. The average molecular weight is 391 g/mol. The summed E-state index contributed by atoms with van der Waals surface area (Å²) in [5, 5.41) is 0. The van der Waals surface area contributed by atoms with Gasteiger partial charge in [-0.15, -0.1) is 0 Å². The Balaban J connectivity index is 1.65. The Morgan fingerprint density at radius 1 is 1.07 bits per heavy atom. The topological polar surface area (TPSA) is 51.2 Å². The lowest BCUT2D eigenvalue weighted by molar-refractivity contribution is -0.141. The maximum Gasteiger partial charge on any atom is 0.305 e. The quantitative estimate of drug-likeness (QED) is 0.636. The van der Waals surface area contributed by atoms with Crippen LogP contribution in [0, 0.1) is 5.92 Å². The molecule has 0 radical (unpaired) electrons. The summed E-state index contributed by atoms with van der Waals surface area (Å²) in [6.07, 6.45) is 5.18. The van der Waals surface area contributed by atoms with Crippen molar-refractivity contribution < 1.29 is 19.0 Å². The maximum atomic E-state index is 11.7. The lowest BCUT2D eigenvalue weighted by atomic mass is 9.87. The fraction of sp³-hybridized carbons (Fsp3) is 0.682. The number of ether oxygens (including phenoxy) is 3. The molecule has 6 heteroatoms. The van der Waals surface area contributed by atoms with E-state index < -0.39 is 0 Å². The summed E-state index contributed by atoms with van der Waals surface area (Å²) in [5.74, 6) is 1.94. The molecule has 2 aliphatic rings. The molecule has 6 nitrogen and oxygen atoms in total. The number of hydrogen-bond donors (Lipinski definition) is 0. The highest BCUT2D eigenvalue weighted by atomic mass is 16.5. The van der Waals surface area contributed by atoms with Gasteiger partial charge in [0.25, 0.3) is 0 Å². The number of nitrogens with zero attached hydrogens (tertiary/aromatic N) is 2. The van der Waals surface area contributed by atoms with Gasteiger partial charge in [-0.25, -0.2) is 0 Å². The standard InChI is InChI=1S/C22H34N2O4/c1-26-20-8-6-17(14-21(20)27-2)15-23-13-10-19(24-11-4-5-12-24)18(16-23)7-9-22(25)28-3/h6,8,14,18-19H,4-5,7,9-13,15-16H2,1-3H3/t18-,19+/m0/s1. The van der Waals surface area contributed by atoms with Crippen LogP contribution in [0.5, 0.6) is 11.5 Å². The van der Waals surface area contributed by atoms with E-state index in [0.29, 0.717) is 18.4 Å². The van der Waals surface area contributed by atoms with Gasteiger partial charge in [0.1, 0.15) is 0 Å². The van der Waals surface area contributed by atoms with Gasteiger partial charge in [0, 0.05) is 25.6 Å². The van der Waals surface area contributed by atoms with E-state index in [4.69, 9.17) is 14.2 Å². The van der Waals surface area contributed by atoms with Crippen LogP contribution in [0.3, 0.4) is 0 Å². The Morgan fingerprint density at radius 3 is 2.50 bits per heavy atom. The maximum absolute atomic E-state index is 11.7. The van der Waals surface area contributed by atoms with Crippen LogP contribution < -0.4 is 9.47 Å². The minimum atomic E-state index is -0.0998. The molecule has 0 saturated carbocycles. The predicted molar refractivity (Wildman–Crippen MR) is 109 cm³/mol. The molecule has 2 aliphatic heterocycles. The third-order valence-corrected chi connectivity index (χ3v) is 6.19. The molecule has 0 aromatic heterocycles. The van der Waals surface area contributed by atoms with Gasteiger partial charge in [-0.1, -0.05) is 6.07 Å². The fourth-order valence-corrected chi connectivity index (χ4v) is 4.72. The highest BCUT2D eigenvalue weighted by Gasteiger charge is 2.34. The zero-order valence-electron chi connectivity index (χ0n) is 17.5. The van der Waals surface area contributed by atoms with E-state index in [1.54, 1.807) is 14.2 Å². The number of carbonyl (C=O) groups is 1. The molecule has 2 fully saturated rings. The second kappa shape index (κ2) is 10.1. The van der Waals surface area contributed by atoms with E-state index in [1.807, 2.05) is 6.07 Å². The van der Waals surface area contributed by atoms with Gasteiger partial charge in [-0.3, -0.25) is 9.69 Å². The van der Waals surface area contributed by atoms with Gasteiger partial charge in [0.05, 0.1) is 21.3 Å². The molecule has 0 aliphatic carbocycles. The number of esters is 1. The van der Waals surface area contributed by atoms with Crippen molar-refractivity contribution >= 4 is 5.97 Å². The molecular formula is C22H34N2O4. The van der Waals surface area contributed by atoms with Crippen LogP contribution in [-0.2, 0) is 16.1 Å². The van der Waals surface area contributed by atoms with Crippen LogP contribution in [0.15, 0.2) is 18.2 Å². The number of hydrogen-bond acceptors (Lipinski definition) is 6. The summed E-state index contributed by atoms with van der Waals surface area (Å²) in [5.41, 5.74) is 1.23. The normalized spacial score (nSPS) is 23.5. The van der Waals surface area contributed by atoms with Gasteiger partial charge in [-0.2, -0.15) is 0 Å². The minimum absolute atomic E-state index is 0.0998. The van der Waals surface area contributed by atoms with E-state index in [0.717, 1.165) is 37.6 Å². The van der Waals surface area contributed by atoms with Crippen molar-refractivity contribution in [3.8, 4) is 11.5 Å². The van der Waals surface area contributed by atoms with E-state index in [2.05, 4.69) is 21.9 Å². The van der Waals surface area contributed by atoms with Crippen molar-refractivity contribution in [2.45, 2.75) is 44.7 Å². The lowest BCUT2D eigenvalue weighted by Gasteiger charge is -2.43. The predicted octanol–water partition coefficient (Wildman–Crippen LogP) is 2.94. The molecule has 28 heavy (non-hydrogen) atoms. The number of methoxy groups -OCH3 is 3. The molecule has 2 heterocycles. The zero-order chi connectivity index (χ0) is 19.9. The van der Waals surface area contributed by atoms with Crippen LogP contribution in [0.2, 0.25) is 0 Å². The Labute approximate surface area is 168 Å². The lowest BCUT2D eigenvalue weighted by Crippen LogP contribution is -2.50. The number of likely N-dealkylation sites (tertiary alicyclic amines) is 2. The van der Waals surface area contributed by atoms with Crippen molar-refractivity contribution in [1.82, 2.24) is 9.80 Å². The van der Waals surface area contributed by atoms with Gasteiger partial charge < -0.3 is 19.1 Å². The smallest absolute Gasteiger partial charge is 0.305 e. The first-order chi connectivity index (χ1) is 13.6. The highest BCUT2D eigenvalue weighted by molar-refractivity contribution is 5.69. The van der Waals surface area contributed by atoms with Gasteiger partial charge in [-0.05, 0) is 68.9 Å². The fourth-order valence-electron chi connectivity index (χ4n) is 4.72. The molecule has 3 rings (SSSR count). The van der Waals surface area contributed by atoms with Crippen LogP contribution in [-0.4, -0.2) is 69.3 Å². The van der Waals surface area contributed by atoms with Crippen molar-refractivity contribution in [2.24, 2.45) is 5.92 Å². The van der Waals surface area contributed by atoms with Crippen molar-refractivity contribution in [2.75, 3.05) is 47.5 Å². The second-order valence-corrected chi connectivity index (χ2v) is 7.90. The first-order valence-electron chi connectivity index (χ1n) is 10.4. The van der Waals surface area contributed by atoms with Gasteiger partial charge in [0.2, 0.25) is 0 Å². The molecule has 0 amide bonds. The molecule has 0 spiro atoms. The van der Waals surface area contributed by atoms with Crippen LogP contribution in [0.4, 0.5) is 0 Å². The SMILES string of the molecule is COC(=O)CC[C@H]1CN(Cc2ccc(OC)c(OC)c2)CC[C@H]1N1CCCC1. The van der Waals surface area contributed by atoms with Crippen molar-refractivity contribution in [3.63, 3.8) is 0 Å². The molecule has 0 unspecified atom stereocenters. The van der Waals surface area contributed by atoms with E-state index in [9.17, 15) is 4.79 Å². The van der Waals surface area contributed by atoms with Crippen LogP contribution >= 0.6 is 0 Å². The Bertz CT molecular complexity index is 645. The first-order valence-corrected chi connectivity index (χ1v) is 10.4. The van der Waals surface area contributed by atoms with E-state index in [-0.39, 0.29) is 5.97 Å². The third kappa shape index (κ3) is 5.17. The Morgan fingerprint density at radius 2 is 1.82 bits per heavy atom. The summed E-state index contributed by atoms with van der Waals surface area (Å²) < 4.78 is 15.7. The molecule has 0 bridgehead atoms. The summed E-state index contributed by atoms with van der Waals surface area (Å²) in [6, 6.07) is 6.74. The number of carbonyl (C=O) groups excluding carboxylic acids is 1. The molecule has 1 aromatic rings. The second-order valence-electron chi connectivity index (χ2n) is 7.90. The largest absolute Gasteiger partial charge is 0.493 e. The zero-order valence-corrected chi connectivity index (χ0v) is 17.5.